The average Bonchev–Trinajstić information content (AvgIpc) is 2.67. The molecule has 3 rings (SSSR count). The Labute approximate surface area is 147 Å². The van der Waals surface area contributed by atoms with Gasteiger partial charge in [-0.2, -0.15) is 0 Å². The molecule has 128 valence electrons. The van der Waals surface area contributed by atoms with Crippen LogP contribution in [0.5, 0.6) is 17.2 Å². The first kappa shape index (κ1) is 16.8. The molecule has 0 fully saturated rings. The highest BCUT2D eigenvalue weighted by Crippen LogP contribution is 2.35. The second kappa shape index (κ2) is 7.26. The van der Waals surface area contributed by atoms with Crippen molar-refractivity contribution < 1.29 is 18.8 Å². The van der Waals surface area contributed by atoms with Crippen molar-refractivity contribution in [1.82, 2.24) is 0 Å². The summed E-state index contributed by atoms with van der Waals surface area (Å²) in [6.45, 7) is 0. The minimum absolute atomic E-state index is 0.697. The van der Waals surface area contributed by atoms with E-state index in [0.29, 0.717) is 17.2 Å². The number of aryl methyl sites for hydroxylation is 1. The summed E-state index contributed by atoms with van der Waals surface area (Å²) >= 11 is 0. The van der Waals surface area contributed by atoms with Gasteiger partial charge in [0.2, 0.25) is 5.52 Å². The van der Waals surface area contributed by atoms with Crippen molar-refractivity contribution in [3.63, 3.8) is 0 Å². The third kappa shape index (κ3) is 3.29. The van der Waals surface area contributed by atoms with Crippen LogP contribution >= 0.6 is 0 Å². The molecular formula is C21H22NO3+. The van der Waals surface area contributed by atoms with Gasteiger partial charge < -0.3 is 14.2 Å². The number of hydrogen-bond acceptors (Lipinski definition) is 3. The minimum atomic E-state index is 0.697. The van der Waals surface area contributed by atoms with Crippen LogP contribution in [0.15, 0.2) is 48.7 Å². The molecule has 1 aromatic heterocycles. The van der Waals surface area contributed by atoms with Gasteiger partial charge in [0, 0.05) is 24.3 Å². The number of fused-ring (bicyclic) bond motifs is 1. The summed E-state index contributed by atoms with van der Waals surface area (Å²) in [6.07, 6.45) is 6.15. The third-order valence-electron chi connectivity index (χ3n) is 4.26. The van der Waals surface area contributed by atoms with Crippen molar-refractivity contribution in [3.8, 4) is 17.2 Å². The summed E-state index contributed by atoms with van der Waals surface area (Å²) in [5.41, 5.74) is 3.19. The van der Waals surface area contributed by atoms with Crippen molar-refractivity contribution in [2.24, 2.45) is 7.05 Å². The molecule has 3 aromatic rings. The maximum atomic E-state index is 5.51. The Kier molecular flexibility index (Phi) is 4.89. The molecule has 4 nitrogen and oxygen atoms in total. The van der Waals surface area contributed by atoms with Gasteiger partial charge in [0.15, 0.2) is 6.20 Å². The highest BCUT2D eigenvalue weighted by Gasteiger charge is 2.12. The first-order valence-electron chi connectivity index (χ1n) is 8.03. The molecular weight excluding hydrogens is 314 g/mol. The van der Waals surface area contributed by atoms with E-state index in [1.165, 1.54) is 10.9 Å². The zero-order valence-corrected chi connectivity index (χ0v) is 14.9. The van der Waals surface area contributed by atoms with Crippen LogP contribution in [0, 0.1) is 0 Å². The van der Waals surface area contributed by atoms with E-state index in [0.717, 1.165) is 11.1 Å². The van der Waals surface area contributed by atoms with Gasteiger partial charge in [0.25, 0.3) is 0 Å². The first-order chi connectivity index (χ1) is 12.2. The molecule has 25 heavy (non-hydrogen) atoms. The summed E-state index contributed by atoms with van der Waals surface area (Å²) in [7, 11) is 6.96. The molecule has 0 aliphatic carbocycles. The van der Waals surface area contributed by atoms with Gasteiger partial charge in [0.1, 0.15) is 24.3 Å². The third-order valence-corrected chi connectivity index (χ3v) is 4.26. The zero-order valence-electron chi connectivity index (χ0n) is 14.9. The second-order valence-corrected chi connectivity index (χ2v) is 5.68. The summed E-state index contributed by atoms with van der Waals surface area (Å²) in [4.78, 5) is 0. The fourth-order valence-electron chi connectivity index (χ4n) is 2.90. The van der Waals surface area contributed by atoms with Crippen LogP contribution < -0.4 is 18.8 Å². The first-order valence-corrected chi connectivity index (χ1v) is 8.03. The van der Waals surface area contributed by atoms with Gasteiger partial charge in [-0.25, -0.2) is 4.57 Å². The van der Waals surface area contributed by atoms with Crippen LogP contribution in [-0.4, -0.2) is 21.3 Å². The predicted octanol–water partition coefficient (Wildman–Crippen LogP) is 3.86. The number of para-hydroxylation sites is 1. The van der Waals surface area contributed by atoms with Crippen LogP contribution in [0.2, 0.25) is 0 Å². The van der Waals surface area contributed by atoms with Crippen molar-refractivity contribution in [3.05, 3.63) is 59.8 Å². The Bertz CT molecular complexity index is 907. The van der Waals surface area contributed by atoms with Gasteiger partial charge in [-0.1, -0.05) is 18.2 Å². The summed E-state index contributed by atoms with van der Waals surface area (Å²) in [5.74, 6) is 2.11. The number of nitrogens with zero attached hydrogens (tertiary/aromatic N) is 1. The van der Waals surface area contributed by atoms with E-state index in [1.807, 2.05) is 37.4 Å². The average molecular weight is 336 g/mol. The monoisotopic (exact) mass is 336 g/mol. The lowest BCUT2D eigenvalue weighted by Gasteiger charge is -2.12. The topological polar surface area (TPSA) is 31.6 Å². The molecule has 2 aromatic carbocycles. The Morgan fingerprint density at radius 1 is 0.840 bits per heavy atom. The lowest BCUT2D eigenvalue weighted by atomic mass is 10.1. The number of hydrogen-bond donors (Lipinski definition) is 0. The molecule has 0 N–H and O–H groups in total. The highest BCUT2D eigenvalue weighted by atomic mass is 16.5. The van der Waals surface area contributed by atoms with Gasteiger partial charge in [-0.05, 0) is 17.7 Å². The maximum absolute atomic E-state index is 5.51. The summed E-state index contributed by atoms with van der Waals surface area (Å²) in [6, 6.07) is 14.1. The Balaban J connectivity index is 2.10. The predicted molar refractivity (Wildman–Crippen MR) is 100 cm³/mol. The van der Waals surface area contributed by atoms with Crippen LogP contribution in [0.25, 0.3) is 23.1 Å². The molecule has 0 aliphatic rings. The molecule has 0 aliphatic heterocycles. The van der Waals surface area contributed by atoms with Gasteiger partial charge in [0.05, 0.1) is 32.3 Å². The van der Waals surface area contributed by atoms with Crippen LogP contribution in [0.4, 0.5) is 0 Å². The normalized spacial score (nSPS) is 11.0. The van der Waals surface area contributed by atoms with Crippen molar-refractivity contribution in [2.45, 2.75) is 0 Å². The Hall–Kier alpha value is -3.01. The Morgan fingerprint density at radius 2 is 1.52 bits per heavy atom. The second-order valence-electron chi connectivity index (χ2n) is 5.68. The fourth-order valence-corrected chi connectivity index (χ4v) is 2.90. The SMILES string of the molecule is COc1cc(OC)c(/C=C\c2cc[n+](C)c3ccccc23)c(OC)c1. The molecule has 0 saturated carbocycles. The lowest BCUT2D eigenvalue weighted by molar-refractivity contribution is -0.644. The number of benzene rings is 2. The molecule has 0 bridgehead atoms. The van der Waals surface area contributed by atoms with E-state index in [1.54, 1.807) is 21.3 Å². The van der Waals surface area contributed by atoms with E-state index >= 15 is 0 Å². The van der Waals surface area contributed by atoms with Crippen LogP contribution in [0.3, 0.4) is 0 Å². The Morgan fingerprint density at radius 3 is 2.16 bits per heavy atom. The van der Waals surface area contributed by atoms with Gasteiger partial charge in [-0.3, -0.25) is 0 Å². The summed E-state index contributed by atoms with van der Waals surface area (Å²) < 4.78 is 18.4. The quantitative estimate of drug-likeness (QED) is 0.663. The smallest absolute Gasteiger partial charge is 0.212 e. The number of methoxy groups -OCH3 is 3. The number of rotatable bonds is 5. The molecule has 0 saturated heterocycles. The van der Waals surface area contributed by atoms with Crippen molar-refractivity contribution in [2.75, 3.05) is 21.3 Å². The van der Waals surface area contributed by atoms with E-state index < -0.39 is 0 Å². The fraction of sp³-hybridized carbons (Fsp3) is 0.190. The van der Waals surface area contributed by atoms with Crippen LogP contribution in [0.1, 0.15) is 11.1 Å². The highest BCUT2D eigenvalue weighted by molar-refractivity contribution is 5.89. The zero-order chi connectivity index (χ0) is 17.8. The molecule has 1 heterocycles. The summed E-state index contributed by atoms with van der Waals surface area (Å²) in [5, 5.41) is 1.19. The van der Waals surface area contributed by atoms with Gasteiger partial charge in [-0.15, -0.1) is 0 Å². The molecule has 0 spiro atoms. The van der Waals surface area contributed by atoms with Crippen LogP contribution in [-0.2, 0) is 7.05 Å². The molecule has 0 radical (unpaired) electrons. The van der Waals surface area contributed by atoms with Crippen molar-refractivity contribution >= 4 is 23.1 Å². The number of pyridine rings is 1. The molecule has 0 atom stereocenters. The molecule has 4 heteroatoms. The van der Waals surface area contributed by atoms with E-state index in [-0.39, 0.29) is 0 Å². The number of aromatic nitrogens is 1. The van der Waals surface area contributed by atoms with E-state index in [9.17, 15) is 0 Å². The largest absolute Gasteiger partial charge is 0.496 e. The minimum Gasteiger partial charge on any atom is -0.496 e. The van der Waals surface area contributed by atoms with Crippen molar-refractivity contribution in [1.29, 1.82) is 0 Å². The lowest BCUT2D eigenvalue weighted by Crippen LogP contribution is -2.28. The maximum Gasteiger partial charge on any atom is 0.212 e. The standard InChI is InChI=1S/C21H22NO3/c1-22-12-11-15(17-7-5-6-8-19(17)22)9-10-18-20(24-3)13-16(23-2)14-21(18)25-4/h5-14H,1-4H3/q+1/b10-9-. The number of ether oxygens (including phenoxy) is 3. The van der Waals surface area contributed by atoms with E-state index in [2.05, 4.69) is 35.0 Å². The van der Waals surface area contributed by atoms with E-state index in [4.69, 9.17) is 14.2 Å². The van der Waals surface area contributed by atoms with Gasteiger partial charge >= 0.3 is 0 Å². The molecule has 0 amide bonds. The molecule has 0 unspecified atom stereocenters.